The van der Waals surface area contributed by atoms with Crippen LogP contribution in [0.5, 0.6) is 0 Å². The molecule has 0 bridgehead atoms. The predicted octanol–water partition coefficient (Wildman–Crippen LogP) is 3.53. The van der Waals surface area contributed by atoms with E-state index in [1.807, 2.05) is 6.07 Å². The lowest BCUT2D eigenvalue weighted by Crippen LogP contribution is -2.42. The van der Waals surface area contributed by atoms with E-state index in [-0.39, 0.29) is 11.2 Å². The maximum Gasteiger partial charge on any atom is 0.191 e. The number of hydrogen-bond acceptors (Lipinski definition) is 2. The van der Waals surface area contributed by atoms with Crippen molar-refractivity contribution in [3.8, 4) is 0 Å². The first-order valence-corrected chi connectivity index (χ1v) is 8.12. The van der Waals surface area contributed by atoms with Gasteiger partial charge in [0.1, 0.15) is 5.82 Å². The highest BCUT2D eigenvalue weighted by molar-refractivity contribution is 7.10. The molecule has 0 amide bonds. The van der Waals surface area contributed by atoms with Crippen molar-refractivity contribution in [2.75, 3.05) is 13.6 Å². The van der Waals surface area contributed by atoms with Gasteiger partial charge in [0, 0.05) is 30.4 Å². The Balaban J connectivity index is 1.88. The second-order valence-corrected chi connectivity index (χ2v) is 6.72. The Morgan fingerprint density at radius 3 is 2.68 bits per heavy atom. The van der Waals surface area contributed by atoms with Crippen molar-refractivity contribution >= 4 is 17.3 Å². The van der Waals surface area contributed by atoms with E-state index in [4.69, 9.17) is 0 Å². The molecule has 0 saturated heterocycles. The zero-order valence-electron chi connectivity index (χ0n) is 13.2. The Kier molecular flexibility index (Phi) is 5.55. The van der Waals surface area contributed by atoms with Crippen LogP contribution >= 0.6 is 11.3 Å². The highest BCUT2D eigenvalue weighted by Crippen LogP contribution is 2.26. The fourth-order valence-electron chi connectivity index (χ4n) is 2.11. The minimum atomic E-state index is -0.221. The number of nitrogens with one attached hydrogen (secondary N) is 2. The molecule has 0 fully saturated rings. The SMILES string of the molecule is CN=C(NCc1cccc(F)c1)NCC(C)(C)c1cccs1. The van der Waals surface area contributed by atoms with Crippen LogP contribution in [-0.4, -0.2) is 19.6 Å². The van der Waals surface area contributed by atoms with E-state index in [0.717, 1.165) is 12.1 Å². The van der Waals surface area contributed by atoms with Gasteiger partial charge >= 0.3 is 0 Å². The topological polar surface area (TPSA) is 36.4 Å². The van der Waals surface area contributed by atoms with Gasteiger partial charge in [0.25, 0.3) is 0 Å². The Morgan fingerprint density at radius 1 is 1.23 bits per heavy atom. The molecule has 2 aromatic rings. The Morgan fingerprint density at radius 2 is 2.05 bits per heavy atom. The molecule has 0 aliphatic rings. The summed E-state index contributed by atoms with van der Waals surface area (Å²) in [6, 6.07) is 10.8. The van der Waals surface area contributed by atoms with Gasteiger partial charge in [-0.3, -0.25) is 4.99 Å². The molecule has 3 nitrogen and oxygen atoms in total. The molecule has 2 rings (SSSR count). The maximum atomic E-state index is 13.2. The van der Waals surface area contributed by atoms with Crippen molar-refractivity contribution in [1.29, 1.82) is 0 Å². The molecule has 1 aromatic heterocycles. The molecule has 1 heterocycles. The Bertz CT molecular complexity index is 621. The molecule has 0 aliphatic heterocycles. The summed E-state index contributed by atoms with van der Waals surface area (Å²) in [7, 11) is 1.74. The maximum absolute atomic E-state index is 13.2. The summed E-state index contributed by atoms with van der Waals surface area (Å²) in [5, 5.41) is 8.63. The van der Waals surface area contributed by atoms with Crippen molar-refractivity contribution in [1.82, 2.24) is 10.6 Å². The average molecular weight is 319 g/mol. The van der Waals surface area contributed by atoms with E-state index in [0.29, 0.717) is 12.5 Å². The molecule has 5 heteroatoms. The minimum absolute atomic E-state index is 0.0324. The van der Waals surface area contributed by atoms with Gasteiger partial charge in [0.2, 0.25) is 0 Å². The Labute approximate surface area is 135 Å². The van der Waals surface area contributed by atoms with Crippen LogP contribution in [0.2, 0.25) is 0 Å². The van der Waals surface area contributed by atoms with E-state index in [2.05, 4.69) is 47.0 Å². The molecule has 22 heavy (non-hydrogen) atoms. The zero-order valence-corrected chi connectivity index (χ0v) is 14.0. The van der Waals surface area contributed by atoms with Gasteiger partial charge in [-0.15, -0.1) is 11.3 Å². The molecule has 1 aromatic carbocycles. The second kappa shape index (κ2) is 7.40. The summed E-state index contributed by atoms with van der Waals surface area (Å²) in [5.41, 5.74) is 0.922. The van der Waals surface area contributed by atoms with Gasteiger partial charge in [-0.1, -0.05) is 32.0 Å². The van der Waals surface area contributed by atoms with Crippen LogP contribution in [0, 0.1) is 5.82 Å². The largest absolute Gasteiger partial charge is 0.356 e. The molecule has 0 atom stereocenters. The van der Waals surface area contributed by atoms with Crippen LogP contribution in [-0.2, 0) is 12.0 Å². The summed E-state index contributed by atoms with van der Waals surface area (Å²) in [6.45, 7) is 5.71. The lowest BCUT2D eigenvalue weighted by atomic mass is 9.91. The normalized spacial score (nSPS) is 12.3. The molecular weight excluding hydrogens is 297 g/mol. The van der Waals surface area contributed by atoms with E-state index in [1.54, 1.807) is 24.5 Å². The number of nitrogens with zero attached hydrogens (tertiary/aromatic N) is 1. The quantitative estimate of drug-likeness (QED) is 0.653. The van der Waals surface area contributed by atoms with Gasteiger partial charge in [0.15, 0.2) is 5.96 Å². The number of aliphatic imine (C=N–C) groups is 1. The van der Waals surface area contributed by atoms with E-state index in [9.17, 15) is 4.39 Å². The third-order valence-corrected chi connectivity index (χ3v) is 4.69. The number of rotatable bonds is 5. The molecular formula is C17H22FN3S. The van der Waals surface area contributed by atoms with Gasteiger partial charge in [-0.25, -0.2) is 4.39 Å². The van der Waals surface area contributed by atoms with Crippen LogP contribution in [0.3, 0.4) is 0 Å². The predicted molar refractivity (Wildman–Crippen MR) is 91.9 cm³/mol. The Hall–Kier alpha value is -1.88. The first kappa shape index (κ1) is 16.5. The highest BCUT2D eigenvalue weighted by Gasteiger charge is 2.21. The van der Waals surface area contributed by atoms with Crippen LogP contribution in [0.15, 0.2) is 46.8 Å². The third kappa shape index (κ3) is 4.56. The molecule has 2 N–H and O–H groups in total. The van der Waals surface area contributed by atoms with Crippen molar-refractivity contribution in [3.05, 3.63) is 58.0 Å². The van der Waals surface area contributed by atoms with Gasteiger partial charge in [-0.05, 0) is 29.1 Å². The van der Waals surface area contributed by atoms with Gasteiger partial charge in [0.05, 0.1) is 0 Å². The number of halogens is 1. The van der Waals surface area contributed by atoms with Crippen LogP contribution in [0.4, 0.5) is 4.39 Å². The lowest BCUT2D eigenvalue weighted by molar-refractivity contribution is 0.518. The van der Waals surface area contributed by atoms with E-state index >= 15 is 0 Å². The third-order valence-electron chi connectivity index (χ3n) is 3.46. The smallest absolute Gasteiger partial charge is 0.191 e. The molecule has 0 aliphatic carbocycles. The summed E-state index contributed by atoms with van der Waals surface area (Å²) in [4.78, 5) is 5.55. The number of thiophene rings is 1. The van der Waals surface area contributed by atoms with Crippen LogP contribution in [0.25, 0.3) is 0 Å². The zero-order chi connectivity index (χ0) is 16.0. The van der Waals surface area contributed by atoms with Gasteiger partial charge in [-0.2, -0.15) is 0 Å². The summed E-state index contributed by atoms with van der Waals surface area (Å²) < 4.78 is 13.2. The summed E-state index contributed by atoms with van der Waals surface area (Å²) >= 11 is 1.76. The molecule has 0 radical (unpaired) electrons. The van der Waals surface area contributed by atoms with Crippen molar-refractivity contribution < 1.29 is 4.39 Å². The monoisotopic (exact) mass is 319 g/mol. The molecule has 0 unspecified atom stereocenters. The first-order valence-electron chi connectivity index (χ1n) is 7.24. The fourth-order valence-corrected chi connectivity index (χ4v) is 2.96. The van der Waals surface area contributed by atoms with Crippen molar-refractivity contribution in [2.45, 2.75) is 25.8 Å². The second-order valence-electron chi connectivity index (χ2n) is 5.77. The number of guanidine groups is 1. The number of hydrogen-bond donors (Lipinski definition) is 2. The van der Waals surface area contributed by atoms with Crippen molar-refractivity contribution in [2.24, 2.45) is 4.99 Å². The summed E-state index contributed by atoms with van der Waals surface area (Å²) in [6.07, 6.45) is 0. The fraction of sp³-hybridized carbons (Fsp3) is 0.353. The standard InChI is InChI=1S/C17H22FN3S/c1-17(2,15-8-5-9-22-15)12-21-16(19-3)20-11-13-6-4-7-14(18)10-13/h4-10H,11-12H2,1-3H3,(H2,19,20,21). The highest BCUT2D eigenvalue weighted by atomic mass is 32.1. The van der Waals surface area contributed by atoms with Crippen molar-refractivity contribution in [3.63, 3.8) is 0 Å². The number of benzene rings is 1. The van der Waals surface area contributed by atoms with Crippen LogP contribution in [0.1, 0.15) is 24.3 Å². The van der Waals surface area contributed by atoms with Crippen LogP contribution < -0.4 is 10.6 Å². The minimum Gasteiger partial charge on any atom is -0.356 e. The first-order chi connectivity index (χ1) is 10.5. The summed E-state index contributed by atoms with van der Waals surface area (Å²) in [5.74, 6) is 0.495. The molecule has 0 spiro atoms. The average Bonchev–Trinajstić information content (AvgIpc) is 3.02. The lowest BCUT2D eigenvalue weighted by Gasteiger charge is -2.25. The molecule has 0 saturated carbocycles. The molecule has 118 valence electrons. The van der Waals surface area contributed by atoms with E-state index in [1.165, 1.54) is 17.0 Å². The van der Waals surface area contributed by atoms with Gasteiger partial charge < -0.3 is 10.6 Å². The van der Waals surface area contributed by atoms with E-state index < -0.39 is 0 Å².